The minimum Gasteiger partial charge on any atom is -0.496 e. The smallest absolute Gasteiger partial charge is 0.263 e. The lowest BCUT2D eigenvalue weighted by Gasteiger charge is -2.03. The number of para-hydroxylation sites is 1. The van der Waals surface area contributed by atoms with Crippen LogP contribution in [-0.2, 0) is 0 Å². The molecular weight excluding hydrogens is 318 g/mol. The SMILES string of the molecule is COc1ccccc1-c1noc(-c2c[nH]c3ccc(C)cc3c2=O)n1. The van der Waals surface area contributed by atoms with Crippen LogP contribution in [0.2, 0.25) is 0 Å². The molecule has 0 fully saturated rings. The van der Waals surface area contributed by atoms with E-state index in [1.807, 2.05) is 49.4 Å². The van der Waals surface area contributed by atoms with Gasteiger partial charge >= 0.3 is 0 Å². The molecule has 0 radical (unpaired) electrons. The van der Waals surface area contributed by atoms with Crippen LogP contribution in [0.1, 0.15) is 5.56 Å². The van der Waals surface area contributed by atoms with Crippen molar-refractivity contribution in [1.29, 1.82) is 0 Å². The molecule has 0 bridgehead atoms. The van der Waals surface area contributed by atoms with E-state index in [-0.39, 0.29) is 11.3 Å². The molecule has 0 aliphatic heterocycles. The van der Waals surface area contributed by atoms with Crippen LogP contribution in [0.3, 0.4) is 0 Å². The van der Waals surface area contributed by atoms with Gasteiger partial charge in [-0.15, -0.1) is 0 Å². The van der Waals surface area contributed by atoms with E-state index in [0.717, 1.165) is 11.1 Å². The highest BCUT2D eigenvalue weighted by Crippen LogP contribution is 2.28. The molecule has 2 heterocycles. The summed E-state index contributed by atoms with van der Waals surface area (Å²) in [4.78, 5) is 20.3. The summed E-state index contributed by atoms with van der Waals surface area (Å²) in [5.74, 6) is 1.18. The molecule has 6 heteroatoms. The van der Waals surface area contributed by atoms with Crippen LogP contribution in [0.15, 0.2) is 58.0 Å². The fourth-order valence-corrected chi connectivity index (χ4v) is 2.76. The molecule has 0 aliphatic rings. The van der Waals surface area contributed by atoms with E-state index in [2.05, 4.69) is 15.1 Å². The number of nitrogens with one attached hydrogen (secondary N) is 1. The normalized spacial score (nSPS) is 11.0. The van der Waals surface area contributed by atoms with Crippen LogP contribution in [0.25, 0.3) is 33.7 Å². The molecule has 4 rings (SSSR count). The molecular formula is C19H15N3O3. The van der Waals surface area contributed by atoms with Crippen molar-refractivity contribution >= 4 is 10.9 Å². The maximum Gasteiger partial charge on any atom is 0.263 e. The Bertz CT molecular complexity index is 1130. The van der Waals surface area contributed by atoms with Gasteiger partial charge in [-0.25, -0.2) is 0 Å². The van der Waals surface area contributed by atoms with Gasteiger partial charge in [-0.3, -0.25) is 4.79 Å². The highest BCUT2D eigenvalue weighted by Gasteiger charge is 2.17. The number of H-pyrrole nitrogens is 1. The van der Waals surface area contributed by atoms with Crippen molar-refractivity contribution in [3.8, 4) is 28.6 Å². The van der Waals surface area contributed by atoms with Crippen molar-refractivity contribution in [1.82, 2.24) is 15.1 Å². The van der Waals surface area contributed by atoms with Gasteiger partial charge in [0.15, 0.2) is 0 Å². The Morgan fingerprint density at radius 3 is 2.80 bits per heavy atom. The van der Waals surface area contributed by atoms with Crippen molar-refractivity contribution < 1.29 is 9.26 Å². The number of hydrogen-bond donors (Lipinski definition) is 1. The summed E-state index contributed by atoms with van der Waals surface area (Å²) in [6.45, 7) is 1.94. The second-order valence-electron chi connectivity index (χ2n) is 5.70. The first-order chi connectivity index (χ1) is 12.2. The molecule has 6 nitrogen and oxygen atoms in total. The Kier molecular flexibility index (Phi) is 3.57. The summed E-state index contributed by atoms with van der Waals surface area (Å²) in [5.41, 5.74) is 2.67. The van der Waals surface area contributed by atoms with Gasteiger partial charge in [0.25, 0.3) is 5.89 Å². The highest BCUT2D eigenvalue weighted by atomic mass is 16.5. The Hall–Kier alpha value is -3.41. The van der Waals surface area contributed by atoms with Crippen LogP contribution in [0, 0.1) is 6.92 Å². The van der Waals surface area contributed by atoms with Crippen molar-refractivity contribution in [2.75, 3.05) is 7.11 Å². The Morgan fingerprint density at radius 1 is 1.12 bits per heavy atom. The molecule has 0 amide bonds. The number of nitrogens with zero attached hydrogens (tertiary/aromatic N) is 2. The van der Waals surface area contributed by atoms with E-state index in [1.54, 1.807) is 13.3 Å². The number of hydrogen-bond acceptors (Lipinski definition) is 5. The fourth-order valence-electron chi connectivity index (χ4n) is 2.76. The maximum absolute atomic E-state index is 12.8. The highest BCUT2D eigenvalue weighted by molar-refractivity contribution is 5.82. The molecule has 4 aromatic rings. The van der Waals surface area contributed by atoms with Crippen LogP contribution < -0.4 is 10.2 Å². The van der Waals surface area contributed by atoms with Gasteiger partial charge in [0, 0.05) is 17.1 Å². The fraction of sp³-hybridized carbons (Fsp3) is 0.105. The van der Waals surface area contributed by atoms with Crippen molar-refractivity contribution in [2.45, 2.75) is 6.92 Å². The molecule has 0 atom stereocenters. The molecule has 1 N–H and O–H groups in total. The summed E-state index contributed by atoms with van der Waals surface area (Å²) < 4.78 is 10.6. The summed E-state index contributed by atoms with van der Waals surface area (Å²) in [7, 11) is 1.58. The number of fused-ring (bicyclic) bond motifs is 1. The van der Waals surface area contributed by atoms with Crippen LogP contribution in [0.4, 0.5) is 0 Å². The minimum atomic E-state index is -0.146. The molecule has 25 heavy (non-hydrogen) atoms. The van der Waals surface area contributed by atoms with Crippen LogP contribution >= 0.6 is 0 Å². The predicted octanol–water partition coefficient (Wildman–Crippen LogP) is 3.56. The zero-order chi connectivity index (χ0) is 17.4. The van der Waals surface area contributed by atoms with E-state index in [4.69, 9.17) is 9.26 Å². The van der Waals surface area contributed by atoms with E-state index in [0.29, 0.717) is 28.1 Å². The molecule has 0 saturated carbocycles. The number of benzene rings is 2. The number of aromatic nitrogens is 3. The van der Waals surface area contributed by atoms with E-state index >= 15 is 0 Å². The number of pyridine rings is 1. The molecule has 2 aromatic carbocycles. The van der Waals surface area contributed by atoms with Crippen LogP contribution in [0.5, 0.6) is 5.75 Å². The van der Waals surface area contributed by atoms with Gasteiger partial charge in [0.05, 0.1) is 12.7 Å². The lowest BCUT2D eigenvalue weighted by molar-refractivity contribution is 0.413. The summed E-state index contributed by atoms with van der Waals surface area (Å²) in [6.07, 6.45) is 1.60. The quantitative estimate of drug-likeness (QED) is 0.620. The van der Waals surface area contributed by atoms with E-state index in [1.165, 1.54) is 0 Å². The summed E-state index contributed by atoms with van der Waals surface area (Å²) >= 11 is 0. The second kappa shape index (κ2) is 5.90. The monoisotopic (exact) mass is 333 g/mol. The van der Waals surface area contributed by atoms with E-state index < -0.39 is 0 Å². The molecule has 0 saturated heterocycles. The van der Waals surface area contributed by atoms with Gasteiger partial charge in [0.1, 0.15) is 11.3 Å². The third-order valence-corrected chi connectivity index (χ3v) is 4.04. The minimum absolute atomic E-state index is 0.146. The first-order valence-electron chi connectivity index (χ1n) is 7.77. The molecule has 0 aliphatic carbocycles. The van der Waals surface area contributed by atoms with E-state index in [9.17, 15) is 4.79 Å². The Morgan fingerprint density at radius 2 is 1.96 bits per heavy atom. The molecule has 124 valence electrons. The number of ether oxygens (including phenoxy) is 1. The average molecular weight is 333 g/mol. The number of aromatic amines is 1. The van der Waals surface area contributed by atoms with Gasteiger partial charge < -0.3 is 14.2 Å². The van der Waals surface area contributed by atoms with Gasteiger partial charge in [0.2, 0.25) is 11.3 Å². The van der Waals surface area contributed by atoms with Crippen molar-refractivity contribution in [3.63, 3.8) is 0 Å². The Balaban J connectivity index is 1.84. The van der Waals surface area contributed by atoms with Gasteiger partial charge in [-0.05, 0) is 31.2 Å². The molecule has 0 spiro atoms. The first-order valence-corrected chi connectivity index (χ1v) is 7.77. The number of methoxy groups -OCH3 is 1. The third kappa shape index (κ3) is 2.57. The predicted molar refractivity (Wildman–Crippen MR) is 94.6 cm³/mol. The van der Waals surface area contributed by atoms with Crippen LogP contribution in [-0.4, -0.2) is 22.2 Å². The largest absolute Gasteiger partial charge is 0.496 e. The lowest BCUT2D eigenvalue weighted by Crippen LogP contribution is -2.06. The number of rotatable bonds is 3. The standard InChI is InChI=1S/C19H15N3O3/c1-11-7-8-15-13(9-11)17(23)14(10-20-15)19-21-18(22-25-19)12-5-3-4-6-16(12)24-2/h3-10H,1-2H3,(H,20,23). The zero-order valence-corrected chi connectivity index (χ0v) is 13.7. The maximum atomic E-state index is 12.8. The van der Waals surface area contributed by atoms with Gasteiger partial charge in [-0.1, -0.05) is 28.9 Å². The first kappa shape index (κ1) is 15.1. The summed E-state index contributed by atoms with van der Waals surface area (Å²) in [6, 6.07) is 13.0. The van der Waals surface area contributed by atoms with Crippen molar-refractivity contribution in [3.05, 3.63) is 64.4 Å². The Labute approximate surface area is 143 Å². The molecule has 2 aromatic heterocycles. The van der Waals surface area contributed by atoms with Crippen molar-refractivity contribution in [2.24, 2.45) is 0 Å². The third-order valence-electron chi connectivity index (χ3n) is 4.04. The van der Waals surface area contributed by atoms with Gasteiger partial charge in [-0.2, -0.15) is 4.98 Å². The summed E-state index contributed by atoms with van der Waals surface area (Å²) in [5, 5.41) is 4.58. The average Bonchev–Trinajstić information content (AvgIpc) is 3.12. The zero-order valence-electron chi connectivity index (χ0n) is 13.7. The number of aryl methyl sites for hydroxylation is 1. The topological polar surface area (TPSA) is 81.0 Å². The molecule has 0 unspecified atom stereocenters. The second-order valence-corrected chi connectivity index (χ2v) is 5.70. The lowest BCUT2D eigenvalue weighted by atomic mass is 10.1.